The van der Waals surface area contributed by atoms with E-state index < -0.39 is 129 Å². The monoisotopic (exact) mass is 846 g/mol. The minimum Gasteiger partial charge on any atom is -0.394 e. The zero-order valence-electron chi connectivity index (χ0n) is 34.1. The van der Waals surface area contributed by atoms with Crippen molar-refractivity contribution < 1.29 is 79.0 Å². The van der Waals surface area contributed by atoms with Crippen molar-refractivity contribution in [1.29, 1.82) is 0 Å². The molecule has 20 nitrogen and oxygen atoms in total. The van der Waals surface area contributed by atoms with Gasteiger partial charge >= 0.3 is 6.03 Å². The second-order valence-electron chi connectivity index (χ2n) is 16.4. The van der Waals surface area contributed by atoms with E-state index >= 15 is 0 Å². The van der Waals surface area contributed by atoms with Gasteiger partial charge < -0.3 is 70.4 Å². The van der Waals surface area contributed by atoms with Gasteiger partial charge in [-0.25, -0.2) is 4.79 Å². The van der Waals surface area contributed by atoms with Crippen LogP contribution in [0.15, 0.2) is 12.2 Å². The van der Waals surface area contributed by atoms with Gasteiger partial charge in [0.2, 0.25) is 17.7 Å². The maximum Gasteiger partial charge on any atom is 0.326 e. The summed E-state index contributed by atoms with van der Waals surface area (Å²) in [6.07, 6.45) is -8.44. The third-order valence-electron chi connectivity index (χ3n) is 11.2. The molecule has 0 spiro atoms. The Morgan fingerprint density at radius 2 is 1.39 bits per heavy atom. The molecule has 0 aromatic carbocycles. The molecule has 4 fully saturated rings. The molecule has 0 saturated carbocycles. The molecule has 3 unspecified atom stereocenters. The minimum absolute atomic E-state index is 0.0992. The number of unbranched alkanes of at least 4 members (excludes halogenated alkanes) is 8. The maximum atomic E-state index is 13.2. The molecule has 11 N–H and O–H groups in total. The molecule has 0 bridgehead atoms. The van der Waals surface area contributed by atoms with Gasteiger partial charge in [-0.15, -0.1) is 0 Å². The highest BCUT2D eigenvalue weighted by molar-refractivity contribution is 5.96. The molecule has 0 radical (unpaired) electrons. The highest BCUT2D eigenvalue weighted by atomic mass is 16.8. The van der Waals surface area contributed by atoms with Gasteiger partial charge in [0.1, 0.15) is 60.9 Å². The Labute approximate surface area is 344 Å². The quantitative estimate of drug-likeness (QED) is 0.0446. The number of nitrogens with zero attached hydrogens (tertiary/aromatic N) is 1. The van der Waals surface area contributed by atoms with E-state index in [4.69, 9.17) is 18.9 Å². The van der Waals surface area contributed by atoms with Crippen LogP contribution in [0.4, 0.5) is 4.79 Å². The van der Waals surface area contributed by atoms with Gasteiger partial charge in [0.05, 0.1) is 18.8 Å². The molecule has 4 saturated heterocycles. The lowest BCUT2D eigenvalue weighted by Gasteiger charge is -2.47. The fourth-order valence-electron chi connectivity index (χ4n) is 7.85. The number of urea groups is 1. The number of amides is 5. The molecule has 15 atom stereocenters. The molecule has 4 aliphatic heterocycles. The van der Waals surface area contributed by atoms with E-state index in [0.29, 0.717) is 6.42 Å². The number of allylic oxidation sites excluding steroid dienone is 1. The molecule has 20 heteroatoms. The van der Waals surface area contributed by atoms with E-state index in [2.05, 4.69) is 29.8 Å². The van der Waals surface area contributed by atoms with Gasteiger partial charge in [-0.2, -0.15) is 0 Å². The lowest BCUT2D eigenvalue weighted by molar-refractivity contribution is -0.346. The molecular weight excluding hydrogens is 780 g/mol. The van der Waals surface area contributed by atoms with Crippen LogP contribution in [0.1, 0.15) is 97.8 Å². The zero-order chi connectivity index (χ0) is 43.4. The predicted molar refractivity (Wildman–Crippen MR) is 205 cm³/mol. The molecule has 0 aromatic rings. The number of aliphatic hydroxyl groups is 8. The Morgan fingerprint density at radius 3 is 1.98 bits per heavy atom. The summed E-state index contributed by atoms with van der Waals surface area (Å²) in [4.78, 5) is 50.3. The van der Waals surface area contributed by atoms with Crippen LogP contribution < -0.4 is 16.0 Å². The van der Waals surface area contributed by atoms with E-state index in [0.717, 1.165) is 43.4 Å². The predicted octanol–water partition coefficient (Wildman–Crippen LogP) is -1.87. The van der Waals surface area contributed by atoms with E-state index in [1.54, 1.807) is 6.08 Å². The molecule has 0 aromatic heterocycles. The molecule has 0 aliphatic carbocycles. The van der Waals surface area contributed by atoms with E-state index in [1.807, 2.05) is 0 Å². The molecule has 59 heavy (non-hydrogen) atoms. The van der Waals surface area contributed by atoms with Crippen LogP contribution in [-0.4, -0.2) is 175 Å². The van der Waals surface area contributed by atoms with E-state index in [9.17, 15) is 60.0 Å². The van der Waals surface area contributed by atoms with Gasteiger partial charge in [0.15, 0.2) is 18.8 Å². The van der Waals surface area contributed by atoms with Crippen molar-refractivity contribution >= 4 is 23.8 Å². The summed E-state index contributed by atoms with van der Waals surface area (Å²) in [5.74, 6) is -1.15. The lowest BCUT2D eigenvalue weighted by Crippen LogP contribution is -2.68. The van der Waals surface area contributed by atoms with Crippen molar-refractivity contribution in [2.24, 2.45) is 5.92 Å². The average molecular weight is 847 g/mol. The first-order valence-corrected chi connectivity index (χ1v) is 20.9. The Balaban J connectivity index is 1.42. The summed E-state index contributed by atoms with van der Waals surface area (Å²) >= 11 is 0. The number of carbonyl (C=O) groups is 4. The van der Waals surface area contributed by atoms with Crippen molar-refractivity contribution in [2.75, 3.05) is 13.2 Å². The third-order valence-corrected chi connectivity index (χ3v) is 11.2. The first-order valence-electron chi connectivity index (χ1n) is 20.9. The first-order chi connectivity index (χ1) is 28.0. The van der Waals surface area contributed by atoms with Crippen LogP contribution in [0.25, 0.3) is 0 Å². The van der Waals surface area contributed by atoms with Crippen LogP contribution in [0.2, 0.25) is 0 Å². The van der Waals surface area contributed by atoms with Crippen molar-refractivity contribution in [1.82, 2.24) is 20.9 Å². The van der Waals surface area contributed by atoms with Crippen molar-refractivity contribution in [2.45, 2.75) is 190 Å². The standard InChI is InChI=1S/C39H66N4O16/c1-20(2)14-12-10-8-6-4-5-7-9-11-13-15-25(47)41-28-32(52)29(49)23(56-38(28)59-37-27(40-21(3)45)31(51)30(50)24(19-44)57-37)18-22(46)35-33(53)34(54)36(58-35)43-17-16-26(48)42-39(43)55/h13,15,20,22-24,27-38,44,46,49-54H,4-12,14,16-19H2,1-3H3,(H,40,45)(H,41,47)(H,42,48,55)/b15-13+/t22?,23?,24-,27-,28-,29+,30-,31-,32-,33+,34-,35-,36-,37?,38+/m1/s1. The number of hydrogen-bond acceptors (Lipinski definition) is 16. The van der Waals surface area contributed by atoms with Gasteiger partial charge in [-0.1, -0.05) is 71.3 Å². The summed E-state index contributed by atoms with van der Waals surface area (Å²) in [5.41, 5.74) is 0. The van der Waals surface area contributed by atoms with Gasteiger partial charge in [-0.05, 0) is 24.8 Å². The van der Waals surface area contributed by atoms with Crippen LogP contribution in [-0.2, 0) is 33.3 Å². The van der Waals surface area contributed by atoms with Gasteiger partial charge in [0, 0.05) is 26.3 Å². The fourth-order valence-corrected chi connectivity index (χ4v) is 7.85. The number of rotatable bonds is 21. The number of nitrogens with one attached hydrogen (secondary N) is 3. The smallest absolute Gasteiger partial charge is 0.326 e. The van der Waals surface area contributed by atoms with Gasteiger partial charge in [0.25, 0.3) is 0 Å². The summed E-state index contributed by atoms with van der Waals surface area (Å²) in [5, 5.41) is 93.6. The number of aliphatic hydroxyl groups excluding tert-OH is 8. The zero-order valence-corrected chi connectivity index (χ0v) is 34.1. The second kappa shape index (κ2) is 23.4. The molecular formula is C39H66N4O16. The third kappa shape index (κ3) is 13.6. The SMILES string of the molecule is CC(=O)N[C@H]1C(O[C@@H]2OC(CC(O)[C@H]3O[C@@H](N4CCC(=O)NC4=O)[C@H](O)[C@@H]3O)[C@H](O)[C@H](O)[C@H]2NC(=O)/C=C/CCCCCCCCCCC(C)C)O[C@H](CO)[C@@H](O)[C@@H]1O. The van der Waals surface area contributed by atoms with Gasteiger partial charge in [-0.3, -0.25) is 24.6 Å². The Hall–Kier alpha value is -2.86. The number of carbonyl (C=O) groups excluding carboxylic acids is 4. The minimum atomic E-state index is -1.84. The fraction of sp³-hybridized carbons (Fsp3) is 0.846. The van der Waals surface area contributed by atoms with Crippen LogP contribution >= 0.6 is 0 Å². The summed E-state index contributed by atoms with van der Waals surface area (Å²) in [6, 6.07) is -3.86. The Kier molecular flexibility index (Phi) is 19.3. The highest BCUT2D eigenvalue weighted by Crippen LogP contribution is 2.33. The van der Waals surface area contributed by atoms with Crippen molar-refractivity contribution in [3.63, 3.8) is 0 Å². The summed E-state index contributed by atoms with van der Waals surface area (Å²) in [6.45, 7) is 4.69. The van der Waals surface area contributed by atoms with Crippen molar-refractivity contribution in [3.05, 3.63) is 12.2 Å². The Bertz CT molecular complexity index is 1390. The Morgan fingerprint density at radius 1 is 0.814 bits per heavy atom. The normalized spacial score (nSPS) is 35.9. The second-order valence-corrected chi connectivity index (χ2v) is 16.4. The number of imide groups is 1. The van der Waals surface area contributed by atoms with Crippen molar-refractivity contribution in [3.8, 4) is 0 Å². The van der Waals surface area contributed by atoms with E-state index in [1.165, 1.54) is 38.2 Å². The van der Waals surface area contributed by atoms with Crippen LogP contribution in [0.3, 0.4) is 0 Å². The molecule has 4 aliphatic rings. The largest absolute Gasteiger partial charge is 0.394 e. The first kappa shape index (κ1) is 48.8. The molecule has 4 rings (SSSR count). The molecule has 338 valence electrons. The molecule has 4 heterocycles. The summed E-state index contributed by atoms with van der Waals surface area (Å²) in [7, 11) is 0. The van der Waals surface area contributed by atoms with Crippen LogP contribution in [0, 0.1) is 5.92 Å². The molecule has 5 amide bonds. The number of hydrogen-bond donors (Lipinski definition) is 11. The summed E-state index contributed by atoms with van der Waals surface area (Å²) < 4.78 is 23.4. The highest BCUT2D eigenvalue weighted by Gasteiger charge is 2.54. The topological polar surface area (TPSA) is 306 Å². The lowest BCUT2D eigenvalue weighted by atomic mass is 9.91. The average Bonchev–Trinajstić information content (AvgIpc) is 3.47. The van der Waals surface area contributed by atoms with E-state index in [-0.39, 0.29) is 13.0 Å². The maximum absolute atomic E-state index is 13.2. The number of ether oxygens (including phenoxy) is 4. The van der Waals surface area contributed by atoms with Crippen LogP contribution in [0.5, 0.6) is 0 Å².